The summed E-state index contributed by atoms with van der Waals surface area (Å²) in [6.07, 6.45) is 5.05. The number of nitrogens with one attached hydrogen (secondary N) is 1. The first-order valence-electron chi connectivity index (χ1n) is 10.8. The monoisotopic (exact) mass is 457 g/mol. The van der Waals surface area contributed by atoms with Gasteiger partial charge in [0.1, 0.15) is 12.7 Å². The summed E-state index contributed by atoms with van der Waals surface area (Å²) in [6, 6.07) is 15.9. The molecule has 1 N–H and O–H groups in total. The molecule has 0 aliphatic heterocycles. The summed E-state index contributed by atoms with van der Waals surface area (Å²) in [4.78, 5) is 22.8. The number of aromatic amines is 1. The third kappa shape index (κ3) is 4.27. The Bertz CT molecular complexity index is 1440. The summed E-state index contributed by atoms with van der Waals surface area (Å²) in [5.74, 6) is 0. The number of rotatable bonds is 7. The van der Waals surface area contributed by atoms with Crippen molar-refractivity contribution >= 4 is 33.0 Å². The van der Waals surface area contributed by atoms with E-state index in [9.17, 15) is 4.79 Å². The number of hydrogen-bond donors (Lipinski definition) is 1. The fourth-order valence-electron chi connectivity index (χ4n) is 3.82. The van der Waals surface area contributed by atoms with Gasteiger partial charge in [0.05, 0.1) is 27.2 Å². The average molecular weight is 458 g/mol. The second-order valence-corrected chi connectivity index (χ2v) is 8.83. The molecule has 0 amide bonds. The maximum absolute atomic E-state index is 13.4. The summed E-state index contributed by atoms with van der Waals surface area (Å²) in [6.45, 7) is 4.68. The van der Waals surface area contributed by atoms with Crippen molar-refractivity contribution in [2.45, 2.75) is 33.2 Å². The van der Waals surface area contributed by atoms with Crippen LogP contribution in [0.3, 0.4) is 0 Å². The van der Waals surface area contributed by atoms with Crippen LogP contribution in [0.1, 0.15) is 37.1 Å². The van der Waals surface area contributed by atoms with E-state index in [1.165, 1.54) is 11.3 Å². The van der Waals surface area contributed by atoms with E-state index in [-0.39, 0.29) is 5.56 Å². The highest BCUT2D eigenvalue weighted by atomic mass is 32.1. The molecule has 0 saturated carbocycles. The second kappa shape index (κ2) is 8.95. The molecule has 0 atom stereocenters. The molecule has 0 saturated heterocycles. The Balaban J connectivity index is 1.48. The van der Waals surface area contributed by atoms with E-state index in [0.717, 1.165) is 40.0 Å². The van der Waals surface area contributed by atoms with E-state index in [0.29, 0.717) is 23.0 Å². The molecule has 3 heterocycles. The Morgan fingerprint density at radius 3 is 2.58 bits per heavy atom. The number of fused-ring (bicyclic) bond motifs is 1. The van der Waals surface area contributed by atoms with Gasteiger partial charge in [-0.05, 0) is 43.2 Å². The van der Waals surface area contributed by atoms with Crippen molar-refractivity contribution in [1.82, 2.24) is 29.5 Å². The second-order valence-electron chi connectivity index (χ2n) is 7.82. The highest BCUT2D eigenvalue weighted by Crippen LogP contribution is 2.24. The van der Waals surface area contributed by atoms with Crippen molar-refractivity contribution in [2.24, 2.45) is 4.99 Å². The van der Waals surface area contributed by atoms with Gasteiger partial charge in [-0.3, -0.25) is 14.9 Å². The first-order chi connectivity index (χ1) is 16.1. The predicted octanol–water partition coefficient (Wildman–Crippen LogP) is 4.51. The lowest BCUT2D eigenvalue weighted by molar-refractivity contribution is 0.790. The minimum atomic E-state index is -0.122. The average Bonchev–Trinajstić information content (AvgIpc) is 3.54. The van der Waals surface area contributed by atoms with Gasteiger partial charge in [-0.15, -0.1) is 10.2 Å². The van der Waals surface area contributed by atoms with Gasteiger partial charge in [0, 0.05) is 12.2 Å². The van der Waals surface area contributed by atoms with Gasteiger partial charge in [0.25, 0.3) is 5.56 Å². The summed E-state index contributed by atoms with van der Waals surface area (Å²) in [5, 5.41) is 11.6. The molecule has 0 radical (unpaired) electrons. The molecule has 5 rings (SSSR count). The van der Waals surface area contributed by atoms with E-state index < -0.39 is 0 Å². The van der Waals surface area contributed by atoms with E-state index >= 15 is 0 Å². The molecule has 0 spiro atoms. The summed E-state index contributed by atoms with van der Waals surface area (Å²) in [7, 11) is 0. The lowest BCUT2D eigenvalue weighted by Crippen LogP contribution is -2.19. The van der Waals surface area contributed by atoms with Gasteiger partial charge in [0.15, 0.2) is 0 Å². The van der Waals surface area contributed by atoms with Gasteiger partial charge >= 0.3 is 0 Å². The molecule has 0 unspecified atom stereocenters. The zero-order valence-corrected chi connectivity index (χ0v) is 19.2. The Hall–Kier alpha value is -3.85. The third-order valence-electron chi connectivity index (χ3n) is 5.37. The van der Waals surface area contributed by atoms with E-state index in [1.807, 2.05) is 60.0 Å². The fourth-order valence-corrected chi connectivity index (χ4v) is 4.74. The molecule has 0 bridgehead atoms. The molecular formula is C24H23N7OS. The van der Waals surface area contributed by atoms with Gasteiger partial charge < -0.3 is 4.57 Å². The van der Waals surface area contributed by atoms with E-state index in [1.54, 1.807) is 17.3 Å². The van der Waals surface area contributed by atoms with Crippen LogP contribution in [0.25, 0.3) is 15.3 Å². The van der Waals surface area contributed by atoms with Crippen LogP contribution in [0.15, 0.2) is 71.0 Å². The van der Waals surface area contributed by atoms with Crippen LogP contribution >= 0.6 is 11.3 Å². The van der Waals surface area contributed by atoms with Gasteiger partial charge in [0.2, 0.25) is 5.13 Å². The molecule has 9 heteroatoms. The number of thiazole rings is 1. The van der Waals surface area contributed by atoms with Gasteiger partial charge in [-0.1, -0.05) is 48.9 Å². The highest BCUT2D eigenvalue weighted by Gasteiger charge is 2.19. The largest absolute Gasteiger partial charge is 0.316 e. The third-order valence-corrected chi connectivity index (χ3v) is 6.39. The number of para-hydroxylation sites is 1. The molecule has 5 aromatic rings. The van der Waals surface area contributed by atoms with E-state index in [4.69, 9.17) is 4.99 Å². The number of benzene rings is 2. The van der Waals surface area contributed by atoms with Gasteiger partial charge in [-0.25, -0.2) is 4.98 Å². The first-order valence-corrected chi connectivity index (χ1v) is 11.6. The van der Waals surface area contributed by atoms with Crippen LogP contribution in [0.2, 0.25) is 0 Å². The van der Waals surface area contributed by atoms with Crippen molar-refractivity contribution in [3.63, 3.8) is 0 Å². The normalized spacial score (nSPS) is 12.0. The molecule has 0 aliphatic carbocycles. The fraction of sp³-hybridized carbons (Fsp3) is 0.208. The summed E-state index contributed by atoms with van der Waals surface area (Å²) in [5.41, 5.74) is 4.87. The molecule has 0 aliphatic rings. The van der Waals surface area contributed by atoms with Crippen molar-refractivity contribution in [3.8, 4) is 5.13 Å². The van der Waals surface area contributed by atoms with Gasteiger partial charge in [-0.2, -0.15) is 4.68 Å². The minimum Gasteiger partial charge on any atom is -0.316 e. The number of nitrogens with zero attached hydrogens (tertiary/aromatic N) is 6. The summed E-state index contributed by atoms with van der Waals surface area (Å²) >= 11 is 1.49. The maximum Gasteiger partial charge on any atom is 0.282 e. The number of hydrogen-bond acceptors (Lipinski definition) is 6. The van der Waals surface area contributed by atoms with Crippen LogP contribution in [-0.4, -0.2) is 35.2 Å². The highest BCUT2D eigenvalue weighted by molar-refractivity contribution is 7.20. The zero-order chi connectivity index (χ0) is 22.8. The molecule has 2 aromatic carbocycles. The number of aromatic nitrogens is 6. The number of aliphatic imine (C=N–C) groups is 1. The predicted molar refractivity (Wildman–Crippen MR) is 131 cm³/mol. The Kier molecular flexibility index (Phi) is 5.70. The Labute approximate surface area is 194 Å². The molecule has 33 heavy (non-hydrogen) atoms. The van der Waals surface area contributed by atoms with Crippen LogP contribution < -0.4 is 5.56 Å². The Morgan fingerprint density at radius 2 is 1.85 bits per heavy atom. The van der Waals surface area contributed by atoms with Crippen molar-refractivity contribution in [3.05, 3.63) is 88.4 Å². The standard InChI is InChI=1S/C24H23N7OS/c1-3-6-20-22(23(32)31(29-20)24-28-19-7-4-5-8-21(19)33-24)16(2)27-18-11-9-17(10-12-18)13-30-14-25-26-15-30/h4-5,7-12,14-15,29H,3,6,13H2,1-2H3. The van der Waals surface area contributed by atoms with E-state index in [2.05, 4.69) is 27.2 Å². The van der Waals surface area contributed by atoms with Crippen molar-refractivity contribution in [2.75, 3.05) is 0 Å². The topological polar surface area (TPSA) is 93.8 Å². The van der Waals surface area contributed by atoms with Crippen LogP contribution in [0.5, 0.6) is 0 Å². The molecule has 8 nitrogen and oxygen atoms in total. The van der Waals surface area contributed by atoms with Crippen LogP contribution in [-0.2, 0) is 13.0 Å². The smallest absolute Gasteiger partial charge is 0.282 e. The molecule has 166 valence electrons. The number of H-pyrrole nitrogens is 1. The molecule has 0 fully saturated rings. The Morgan fingerprint density at radius 1 is 1.09 bits per heavy atom. The van der Waals surface area contributed by atoms with Crippen LogP contribution in [0.4, 0.5) is 5.69 Å². The lowest BCUT2D eigenvalue weighted by Gasteiger charge is -2.04. The van der Waals surface area contributed by atoms with Crippen molar-refractivity contribution in [1.29, 1.82) is 0 Å². The van der Waals surface area contributed by atoms with Crippen molar-refractivity contribution < 1.29 is 0 Å². The lowest BCUT2D eigenvalue weighted by atomic mass is 10.1. The maximum atomic E-state index is 13.4. The van der Waals surface area contributed by atoms with Crippen LogP contribution in [0, 0.1) is 0 Å². The zero-order valence-electron chi connectivity index (χ0n) is 18.4. The molecule has 3 aromatic heterocycles. The number of aryl methyl sites for hydroxylation is 1. The summed E-state index contributed by atoms with van der Waals surface area (Å²) < 4.78 is 4.50. The quantitative estimate of drug-likeness (QED) is 0.364. The minimum absolute atomic E-state index is 0.122. The SMILES string of the molecule is CCCc1[nH]n(-c2nc3ccccc3s2)c(=O)c1C(C)=Nc1ccc(Cn2cnnc2)cc1. The molecular weight excluding hydrogens is 434 g/mol. The first kappa shape index (κ1) is 21.0.